The van der Waals surface area contributed by atoms with Crippen LogP contribution in [0.5, 0.6) is 0 Å². The third-order valence-corrected chi connectivity index (χ3v) is 8.77. The van der Waals surface area contributed by atoms with Gasteiger partial charge in [0.05, 0.1) is 35.5 Å². The third-order valence-electron chi connectivity index (χ3n) is 8.77. The topological polar surface area (TPSA) is 69.8 Å². The lowest BCUT2D eigenvalue weighted by Crippen LogP contribution is -2.05. The van der Waals surface area contributed by atoms with Crippen molar-refractivity contribution in [3.63, 3.8) is 0 Å². The number of aromatic nitrogens is 4. The fourth-order valence-corrected chi connectivity index (χ4v) is 6.10. The largest absolute Gasteiger partial charge is 0.303 e. The molecule has 0 amide bonds. The van der Waals surface area contributed by atoms with E-state index in [1.54, 1.807) is 0 Å². The summed E-state index contributed by atoms with van der Waals surface area (Å²) in [6, 6.07) is 24.8. The summed E-state index contributed by atoms with van der Waals surface area (Å²) >= 11 is 0. The Morgan fingerprint density at radius 3 is 1.53 bits per heavy atom. The normalized spacial score (nSPS) is 11.1. The number of aryl methyl sites for hydroxylation is 6. The third kappa shape index (κ3) is 6.65. The fraction of sp³-hybridized carbons (Fsp3) is 0.282. The number of carbonyl (C=O) groups is 2. The molecule has 0 atom stereocenters. The van der Waals surface area contributed by atoms with Crippen LogP contribution in [0.3, 0.4) is 0 Å². The van der Waals surface area contributed by atoms with E-state index < -0.39 is 0 Å². The van der Waals surface area contributed by atoms with Crippen LogP contribution >= 0.6 is 0 Å². The van der Waals surface area contributed by atoms with Gasteiger partial charge in [-0.3, -0.25) is 14.2 Å². The second-order valence-corrected chi connectivity index (χ2v) is 11.8. The Kier molecular flexibility index (Phi) is 9.72. The molecule has 0 radical (unpaired) electrons. The van der Waals surface area contributed by atoms with E-state index in [0.717, 1.165) is 71.9 Å². The zero-order valence-electron chi connectivity index (χ0n) is 27.2. The summed E-state index contributed by atoms with van der Waals surface area (Å²) in [6.45, 7) is 14.3. The molecule has 2 heterocycles. The lowest BCUT2D eigenvalue weighted by atomic mass is 10.0. The van der Waals surface area contributed by atoms with E-state index in [-0.39, 0.29) is 0 Å². The van der Waals surface area contributed by atoms with E-state index in [4.69, 9.17) is 10.2 Å². The van der Waals surface area contributed by atoms with Crippen molar-refractivity contribution in [1.29, 1.82) is 0 Å². The molecule has 2 aromatic heterocycles. The van der Waals surface area contributed by atoms with Gasteiger partial charge in [-0.1, -0.05) is 74.5 Å². The first-order valence-corrected chi connectivity index (χ1v) is 15.7. The van der Waals surface area contributed by atoms with Crippen molar-refractivity contribution in [1.82, 2.24) is 19.6 Å². The Morgan fingerprint density at radius 2 is 1.09 bits per heavy atom. The molecule has 0 aliphatic heterocycles. The molecule has 0 saturated heterocycles. The van der Waals surface area contributed by atoms with Gasteiger partial charge in [0, 0.05) is 22.8 Å². The van der Waals surface area contributed by atoms with E-state index in [2.05, 4.69) is 94.8 Å². The van der Waals surface area contributed by atoms with Crippen LogP contribution in [-0.4, -0.2) is 32.1 Å². The molecule has 0 fully saturated rings. The fourth-order valence-electron chi connectivity index (χ4n) is 6.10. The lowest BCUT2D eigenvalue weighted by molar-refractivity contribution is -0.107. The minimum atomic E-state index is 0.450. The number of fused-ring (bicyclic) bond motifs is 2. The number of carbonyl (C=O) groups excluding carboxylic acids is 2. The van der Waals surface area contributed by atoms with Gasteiger partial charge in [-0.15, -0.1) is 0 Å². The average molecular weight is 599 g/mol. The maximum absolute atomic E-state index is 11.1. The van der Waals surface area contributed by atoms with E-state index in [1.807, 2.05) is 28.9 Å². The Hall–Kier alpha value is -4.84. The maximum Gasteiger partial charge on any atom is 0.150 e. The molecule has 6 heteroatoms. The van der Waals surface area contributed by atoms with E-state index in [9.17, 15) is 9.59 Å². The summed E-state index contributed by atoms with van der Waals surface area (Å²) in [5.41, 5.74) is 13.8. The van der Waals surface area contributed by atoms with Gasteiger partial charge in [-0.05, 0) is 91.6 Å². The van der Waals surface area contributed by atoms with Gasteiger partial charge in [-0.2, -0.15) is 10.2 Å². The standard InChI is InChI=1S/C20H22N2O.C19H20N2O/c1-4-19-17-9-8-16(10-11-23)12-20(17)22(21-19)13-18-14(2)6-5-7-15(18)3;1-4-18-16-9-8-15(12-22)10-19(16)21(20-18)11-17-13(2)6-5-7-14(17)3/h5-9,11-12H,4,10,13H2,1-3H3;5-10,12H,4,11H2,1-3H3. The zero-order valence-corrected chi connectivity index (χ0v) is 27.2. The molecule has 0 aliphatic rings. The number of benzene rings is 4. The lowest BCUT2D eigenvalue weighted by Gasteiger charge is -2.11. The molecular weight excluding hydrogens is 556 g/mol. The number of rotatable bonds is 9. The predicted molar refractivity (Wildman–Crippen MR) is 183 cm³/mol. The van der Waals surface area contributed by atoms with Crippen LogP contribution in [0, 0.1) is 27.7 Å². The first kappa shape index (κ1) is 31.6. The molecule has 0 unspecified atom stereocenters. The van der Waals surface area contributed by atoms with Crippen molar-refractivity contribution in [2.45, 2.75) is 73.9 Å². The average Bonchev–Trinajstić information content (AvgIpc) is 3.58. The van der Waals surface area contributed by atoms with Gasteiger partial charge in [-0.25, -0.2) is 0 Å². The highest BCUT2D eigenvalue weighted by atomic mass is 16.1. The molecule has 0 aliphatic carbocycles. The van der Waals surface area contributed by atoms with Crippen LogP contribution in [0.4, 0.5) is 0 Å². The Labute approximate surface area is 265 Å². The Bertz CT molecular complexity index is 1960. The van der Waals surface area contributed by atoms with Crippen molar-refractivity contribution in [3.8, 4) is 0 Å². The van der Waals surface area contributed by atoms with Crippen LogP contribution in [0.1, 0.15) is 74.5 Å². The van der Waals surface area contributed by atoms with Crippen molar-refractivity contribution in [2.75, 3.05) is 0 Å². The minimum absolute atomic E-state index is 0.450. The monoisotopic (exact) mass is 598 g/mol. The highest BCUT2D eigenvalue weighted by molar-refractivity contribution is 5.88. The Morgan fingerprint density at radius 1 is 0.622 bits per heavy atom. The molecule has 4 aromatic carbocycles. The molecule has 0 N–H and O–H groups in total. The minimum Gasteiger partial charge on any atom is -0.303 e. The number of hydrogen-bond acceptors (Lipinski definition) is 4. The summed E-state index contributed by atoms with van der Waals surface area (Å²) in [7, 11) is 0. The van der Waals surface area contributed by atoms with Crippen LogP contribution in [0.15, 0.2) is 72.8 Å². The van der Waals surface area contributed by atoms with Crippen LogP contribution in [-0.2, 0) is 37.1 Å². The van der Waals surface area contributed by atoms with Crippen molar-refractivity contribution < 1.29 is 9.59 Å². The van der Waals surface area contributed by atoms with Gasteiger partial charge in [0.1, 0.15) is 12.6 Å². The summed E-state index contributed by atoms with van der Waals surface area (Å²) in [5.74, 6) is 0. The molecule has 6 nitrogen and oxygen atoms in total. The molecule has 230 valence electrons. The van der Waals surface area contributed by atoms with Crippen LogP contribution in [0.25, 0.3) is 21.8 Å². The van der Waals surface area contributed by atoms with Crippen LogP contribution < -0.4 is 0 Å². The van der Waals surface area contributed by atoms with Crippen molar-refractivity contribution in [2.24, 2.45) is 0 Å². The second kappa shape index (κ2) is 13.9. The molecule has 6 rings (SSSR count). The first-order valence-electron chi connectivity index (χ1n) is 15.7. The Balaban J connectivity index is 0.000000178. The molecule has 45 heavy (non-hydrogen) atoms. The summed E-state index contributed by atoms with van der Waals surface area (Å²) in [5, 5.41) is 11.9. The molecule has 0 saturated carbocycles. The molecule has 0 bridgehead atoms. The van der Waals surface area contributed by atoms with Crippen LogP contribution in [0.2, 0.25) is 0 Å². The molecule has 0 spiro atoms. The zero-order chi connectivity index (χ0) is 32.1. The van der Waals surface area contributed by atoms with Gasteiger partial charge in [0.25, 0.3) is 0 Å². The molecule has 6 aromatic rings. The molecular formula is C39H42N4O2. The smallest absolute Gasteiger partial charge is 0.150 e. The summed E-state index contributed by atoms with van der Waals surface area (Å²) in [6.07, 6.45) is 4.08. The summed E-state index contributed by atoms with van der Waals surface area (Å²) < 4.78 is 4.11. The van der Waals surface area contributed by atoms with E-state index in [1.165, 1.54) is 38.8 Å². The van der Waals surface area contributed by atoms with Crippen molar-refractivity contribution >= 4 is 34.4 Å². The van der Waals surface area contributed by atoms with E-state index in [0.29, 0.717) is 12.0 Å². The van der Waals surface area contributed by atoms with Gasteiger partial charge < -0.3 is 4.79 Å². The quantitative estimate of drug-likeness (QED) is 0.158. The SMILES string of the molecule is CCc1nn(Cc2c(C)cccc2C)c2cc(C=O)ccc12.CCc1nn(Cc2c(C)cccc2C)c2cc(CC=O)ccc12. The predicted octanol–water partition coefficient (Wildman–Crippen LogP) is 8.08. The van der Waals surface area contributed by atoms with Crippen molar-refractivity contribution in [3.05, 3.63) is 129 Å². The number of aldehydes is 2. The van der Waals surface area contributed by atoms with Gasteiger partial charge in [0.15, 0.2) is 0 Å². The van der Waals surface area contributed by atoms with Gasteiger partial charge >= 0.3 is 0 Å². The first-order chi connectivity index (χ1) is 21.8. The summed E-state index contributed by atoms with van der Waals surface area (Å²) in [4.78, 5) is 21.9. The van der Waals surface area contributed by atoms with E-state index >= 15 is 0 Å². The van der Waals surface area contributed by atoms with Gasteiger partial charge in [0.2, 0.25) is 0 Å². The maximum atomic E-state index is 11.1. The number of nitrogens with zero attached hydrogens (tertiary/aromatic N) is 4. The second-order valence-electron chi connectivity index (χ2n) is 11.8. The highest BCUT2D eigenvalue weighted by Gasteiger charge is 2.14. The number of hydrogen-bond donors (Lipinski definition) is 0. The highest BCUT2D eigenvalue weighted by Crippen LogP contribution is 2.25.